The minimum atomic E-state index is -2.26. The van der Waals surface area contributed by atoms with Crippen LogP contribution in [-0.2, 0) is 8.85 Å². The molecular weight excluding hydrogens is 228 g/mol. The third kappa shape index (κ3) is 2.27. The van der Waals surface area contributed by atoms with E-state index in [-0.39, 0.29) is 0 Å². The second-order valence-electron chi connectivity index (χ2n) is 4.11. The average molecular weight is 246 g/mol. The highest BCUT2D eigenvalue weighted by Crippen LogP contribution is 2.16. The van der Waals surface area contributed by atoms with E-state index in [1.807, 2.05) is 6.92 Å². The maximum Gasteiger partial charge on any atom is 0.369 e. The van der Waals surface area contributed by atoms with E-state index in [4.69, 9.17) is 8.85 Å². The lowest BCUT2D eigenvalue weighted by Crippen LogP contribution is -2.50. The highest BCUT2D eigenvalue weighted by molar-refractivity contribution is 6.82. The van der Waals surface area contributed by atoms with Crippen LogP contribution >= 0.6 is 0 Å². The molecule has 0 aliphatic carbocycles. The number of hydrogen-bond donors (Lipinski definition) is 0. The van der Waals surface area contributed by atoms with Gasteiger partial charge in [0.1, 0.15) is 0 Å². The third-order valence-electron chi connectivity index (χ3n) is 3.09. The number of hydrogen-bond acceptors (Lipinski definition) is 2. The minimum Gasteiger partial charge on any atom is -0.394 e. The first-order valence-corrected chi connectivity index (χ1v) is 8.20. The Morgan fingerprint density at radius 1 is 1.06 bits per heavy atom. The topological polar surface area (TPSA) is 18.5 Å². The Balaban J connectivity index is 2.61. The van der Waals surface area contributed by atoms with E-state index in [0.29, 0.717) is 6.61 Å². The molecule has 0 N–H and O–H groups in total. The SMILES string of the molecule is CCO[Si](C)(OC)c1cccc2ccccc12. The molecule has 3 heteroatoms. The van der Waals surface area contributed by atoms with Crippen LogP contribution in [-0.4, -0.2) is 22.3 Å². The van der Waals surface area contributed by atoms with Crippen LogP contribution in [0.3, 0.4) is 0 Å². The maximum absolute atomic E-state index is 5.89. The lowest BCUT2D eigenvalue weighted by molar-refractivity contribution is 0.229. The van der Waals surface area contributed by atoms with Gasteiger partial charge >= 0.3 is 8.56 Å². The summed E-state index contributed by atoms with van der Waals surface area (Å²) in [5, 5.41) is 3.68. The molecular formula is C14H18O2Si. The van der Waals surface area contributed by atoms with Crippen LogP contribution in [0.4, 0.5) is 0 Å². The van der Waals surface area contributed by atoms with Crippen molar-refractivity contribution in [3.8, 4) is 0 Å². The van der Waals surface area contributed by atoms with Crippen LogP contribution in [0, 0.1) is 0 Å². The Hall–Kier alpha value is -1.16. The molecule has 2 aromatic rings. The fraction of sp³-hybridized carbons (Fsp3) is 0.286. The van der Waals surface area contributed by atoms with E-state index >= 15 is 0 Å². The highest BCUT2D eigenvalue weighted by atomic mass is 28.4. The molecule has 1 unspecified atom stereocenters. The third-order valence-corrected chi connectivity index (χ3v) is 6.12. The molecule has 1 atom stereocenters. The zero-order valence-corrected chi connectivity index (χ0v) is 11.6. The van der Waals surface area contributed by atoms with Gasteiger partial charge in [0.2, 0.25) is 0 Å². The molecule has 0 aliphatic heterocycles. The molecule has 2 nitrogen and oxygen atoms in total. The van der Waals surface area contributed by atoms with Gasteiger partial charge in [0.15, 0.2) is 0 Å². The Labute approximate surface area is 103 Å². The van der Waals surface area contributed by atoms with E-state index in [9.17, 15) is 0 Å². The standard InChI is InChI=1S/C14H18O2Si/c1-4-16-17(3,15-2)14-11-7-9-12-8-5-6-10-13(12)14/h5-11H,4H2,1-3H3. The molecule has 0 saturated heterocycles. The van der Waals surface area contributed by atoms with Crippen LogP contribution in [0.1, 0.15) is 6.92 Å². The van der Waals surface area contributed by atoms with Crippen molar-refractivity contribution in [3.05, 3.63) is 42.5 Å². The number of fused-ring (bicyclic) bond motifs is 1. The summed E-state index contributed by atoms with van der Waals surface area (Å²) < 4.78 is 11.6. The Bertz CT molecular complexity index is 507. The van der Waals surface area contributed by atoms with Crippen molar-refractivity contribution >= 4 is 24.5 Å². The number of rotatable bonds is 4. The highest BCUT2D eigenvalue weighted by Gasteiger charge is 2.33. The monoisotopic (exact) mass is 246 g/mol. The predicted octanol–water partition coefficient (Wildman–Crippen LogP) is 2.80. The molecule has 0 heterocycles. The first-order valence-electron chi connectivity index (χ1n) is 5.88. The fourth-order valence-electron chi connectivity index (χ4n) is 2.14. The van der Waals surface area contributed by atoms with Gasteiger partial charge in [-0.25, -0.2) is 0 Å². The normalized spacial score (nSPS) is 14.8. The predicted molar refractivity (Wildman–Crippen MR) is 73.8 cm³/mol. The van der Waals surface area contributed by atoms with E-state index in [2.05, 4.69) is 49.0 Å². The summed E-state index contributed by atoms with van der Waals surface area (Å²) in [7, 11) is -0.524. The summed E-state index contributed by atoms with van der Waals surface area (Å²) >= 11 is 0. The smallest absolute Gasteiger partial charge is 0.369 e. The second kappa shape index (κ2) is 5.00. The van der Waals surface area contributed by atoms with Crippen molar-refractivity contribution in [2.75, 3.05) is 13.7 Å². The van der Waals surface area contributed by atoms with Crippen molar-refractivity contribution < 1.29 is 8.85 Å². The van der Waals surface area contributed by atoms with Gasteiger partial charge in [0, 0.05) is 18.9 Å². The van der Waals surface area contributed by atoms with Gasteiger partial charge in [0.05, 0.1) is 0 Å². The summed E-state index contributed by atoms with van der Waals surface area (Å²) in [6.07, 6.45) is 0. The molecule has 0 spiro atoms. The first kappa shape index (κ1) is 12.3. The molecule has 0 saturated carbocycles. The molecule has 2 rings (SSSR count). The quantitative estimate of drug-likeness (QED) is 0.772. The van der Waals surface area contributed by atoms with Crippen LogP contribution in [0.5, 0.6) is 0 Å². The lowest BCUT2D eigenvalue weighted by Gasteiger charge is -2.26. The summed E-state index contributed by atoms with van der Waals surface area (Å²) in [6, 6.07) is 14.7. The van der Waals surface area contributed by atoms with Gasteiger partial charge in [-0.3, -0.25) is 0 Å². The molecule has 0 aromatic heterocycles. The summed E-state index contributed by atoms with van der Waals surface area (Å²) in [5.41, 5.74) is 0. The maximum atomic E-state index is 5.89. The van der Waals surface area contributed by atoms with E-state index in [0.717, 1.165) is 0 Å². The van der Waals surface area contributed by atoms with Gasteiger partial charge in [-0.1, -0.05) is 42.5 Å². The summed E-state index contributed by atoms with van der Waals surface area (Å²) in [4.78, 5) is 0. The first-order chi connectivity index (χ1) is 8.21. The zero-order valence-electron chi connectivity index (χ0n) is 10.6. The van der Waals surface area contributed by atoms with Crippen molar-refractivity contribution in [3.63, 3.8) is 0 Å². The van der Waals surface area contributed by atoms with Crippen LogP contribution < -0.4 is 5.19 Å². The van der Waals surface area contributed by atoms with Crippen LogP contribution in [0.25, 0.3) is 10.8 Å². The van der Waals surface area contributed by atoms with Gasteiger partial charge < -0.3 is 8.85 Å². The summed E-state index contributed by atoms with van der Waals surface area (Å²) in [6.45, 7) is 4.79. The molecule has 90 valence electrons. The largest absolute Gasteiger partial charge is 0.394 e. The van der Waals surface area contributed by atoms with Gasteiger partial charge in [-0.15, -0.1) is 0 Å². The lowest BCUT2D eigenvalue weighted by atomic mass is 10.1. The zero-order chi connectivity index (χ0) is 12.3. The van der Waals surface area contributed by atoms with Gasteiger partial charge in [0.25, 0.3) is 0 Å². The van der Waals surface area contributed by atoms with Crippen LogP contribution in [0.15, 0.2) is 42.5 Å². The van der Waals surface area contributed by atoms with Crippen molar-refractivity contribution in [2.45, 2.75) is 13.5 Å². The molecule has 0 bridgehead atoms. The fourth-order valence-corrected chi connectivity index (χ4v) is 4.30. The van der Waals surface area contributed by atoms with E-state index in [1.54, 1.807) is 7.11 Å². The van der Waals surface area contributed by atoms with E-state index in [1.165, 1.54) is 16.0 Å². The van der Waals surface area contributed by atoms with Crippen molar-refractivity contribution in [1.29, 1.82) is 0 Å². The molecule has 0 fully saturated rings. The number of benzene rings is 2. The summed E-state index contributed by atoms with van der Waals surface area (Å²) in [5.74, 6) is 0. The second-order valence-corrected chi connectivity index (χ2v) is 7.24. The Morgan fingerprint density at radius 3 is 2.47 bits per heavy atom. The molecule has 0 aliphatic rings. The molecule has 0 radical (unpaired) electrons. The van der Waals surface area contributed by atoms with Crippen LogP contribution in [0.2, 0.25) is 6.55 Å². The molecule has 17 heavy (non-hydrogen) atoms. The van der Waals surface area contributed by atoms with E-state index < -0.39 is 8.56 Å². The minimum absolute atomic E-state index is 0.680. The molecule has 2 aromatic carbocycles. The Kier molecular flexibility index (Phi) is 3.62. The average Bonchev–Trinajstić information content (AvgIpc) is 2.38. The Morgan fingerprint density at radius 2 is 1.76 bits per heavy atom. The van der Waals surface area contributed by atoms with Crippen molar-refractivity contribution in [2.24, 2.45) is 0 Å². The molecule has 0 amide bonds. The van der Waals surface area contributed by atoms with Crippen molar-refractivity contribution in [1.82, 2.24) is 0 Å². The van der Waals surface area contributed by atoms with Gasteiger partial charge in [-0.2, -0.15) is 0 Å². The van der Waals surface area contributed by atoms with Gasteiger partial charge in [-0.05, 0) is 24.2 Å².